The van der Waals surface area contributed by atoms with Gasteiger partial charge in [-0.1, -0.05) is 47.2 Å². The second kappa shape index (κ2) is 10.6. The number of ether oxygens (including phenoxy) is 1. The van der Waals surface area contributed by atoms with Crippen LogP contribution >= 0.6 is 11.3 Å². The molecule has 1 atom stereocenters. The minimum Gasteiger partial charge on any atom is -0.478 e. The summed E-state index contributed by atoms with van der Waals surface area (Å²) in [6, 6.07) is 15.8. The van der Waals surface area contributed by atoms with Crippen LogP contribution in [0.1, 0.15) is 58.3 Å². The van der Waals surface area contributed by atoms with Crippen LogP contribution in [0.4, 0.5) is 0 Å². The van der Waals surface area contributed by atoms with E-state index in [0.717, 1.165) is 33.8 Å². The number of carbonyl (C=O) groups excluding carboxylic acids is 1. The second-order valence-electron chi connectivity index (χ2n) is 9.73. The van der Waals surface area contributed by atoms with Gasteiger partial charge in [0.1, 0.15) is 0 Å². The molecule has 3 heterocycles. The largest absolute Gasteiger partial charge is 0.478 e. The Kier molecular flexibility index (Phi) is 7.16. The first-order chi connectivity index (χ1) is 19.1. The van der Waals surface area contributed by atoms with Crippen LogP contribution < -0.4 is 14.9 Å². The molecule has 1 aliphatic rings. The Morgan fingerprint density at radius 2 is 1.80 bits per heavy atom. The summed E-state index contributed by atoms with van der Waals surface area (Å²) >= 11 is 1.27. The van der Waals surface area contributed by atoms with Crippen molar-refractivity contribution in [3.05, 3.63) is 119 Å². The van der Waals surface area contributed by atoms with Gasteiger partial charge in [0.25, 0.3) is 5.56 Å². The van der Waals surface area contributed by atoms with Crippen LogP contribution in [0.2, 0.25) is 0 Å². The normalized spacial score (nSPS) is 15.1. The monoisotopic (exact) mass is 555 g/mol. The quantitative estimate of drug-likeness (QED) is 0.359. The van der Waals surface area contributed by atoms with E-state index in [1.165, 1.54) is 11.3 Å². The zero-order valence-corrected chi connectivity index (χ0v) is 23.7. The van der Waals surface area contributed by atoms with Gasteiger partial charge in [-0.3, -0.25) is 9.36 Å². The maximum Gasteiger partial charge on any atom is 0.338 e. The van der Waals surface area contributed by atoms with E-state index < -0.39 is 18.0 Å². The average Bonchev–Trinajstić information content (AvgIpc) is 3.37. The number of benzene rings is 2. The predicted octanol–water partition coefficient (Wildman–Crippen LogP) is 4.21. The van der Waals surface area contributed by atoms with Gasteiger partial charge >= 0.3 is 11.9 Å². The van der Waals surface area contributed by atoms with Crippen molar-refractivity contribution in [3.8, 4) is 5.69 Å². The number of carbonyl (C=O) groups is 2. The summed E-state index contributed by atoms with van der Waals surface area (Å²) in [5.41, 5.74) is 6.01. The molecule has 1 N–H and O–H groups in total. The van der Waals surface area contributed by atoms with Gasteiger partial charge in [0, 0.05) is 17.1 Å². The molecule has 5 rings (SSSR count). The first-order valence-corrected chi connectivity index (χ1v) is 13.7. The summed E-state index contributed by atoms with van der Waals surface area (Å²) in [4.78, 5) is 43.7. The Hall–Kier alpha value is -4.50. The third-order valence-electron chi connectivity index (χ3n) is 7.02. The summed E-state index contributed by atoms with van der Waals surface area (Å²) in [5, 5.41) is 9.43. The molecule has 1 aliphatic heterocycles. The van der Waals surface area contributed by atoms with Crippen molar-refractivity contribution in [2.24, 2.45) is 4.99 Å². The van der Waals surface area contributed by atoms with Crippen LogP contribution in [0.3, 0.4) is 0 Å². The standard InChI is InChI=1S/C31H29N3O5S/c1-6-39-30(38)26-19(4)32-31-34(27(26)21-12-10-17(2)11-13-21)28(35)25(40-31)16-23-14-18(3)33(20(23)5)24-9-7-8-22(15-24)29(36)37/h7-16,27H,6H2,1-5H3,(H,36,37). The molecule has 0 aliphatic carbocycles. The Morgan fingerprint density at radius 3 is 2.48 bits per heavy atom. The fraction of sp³-hybridized carbons (Fsp3) is 0.226. The number of aromatic nitrogens is 2. The minimum absolute atomic E-state index is 0.198. The van der Waals surface area contributed by atoms with Crippen LogP contribution in [0.25, 0.3) is 11.8 Å². The Morgan fingerprint density at radius 1 is 1.07 bits per heavy atom. The fourth-order valence-electron chi connectivity index (χ4n) is 5.11. The third-order valence-corrected chi connectivity index (χ3v) is 8.00. The highest BCUT2D eigenvalue weighted by Crippen LogP contribution is 2.31. The maximum absolute atomic E-state index is 13.9. The molecular weight excluding hydrogens is 526 g/mol. The molecule has 0 saturated heterocycles. The molecule has 40 heavy (non-hydrogen) atoms. The topological polar surface area (TPSA) is 103 Å². The number of nitrogens with zero attached hydrogens (tertiary/aromatic N) is 3. The van der Waals surface area contributed by atoms with Gasteiger partial charge in [-0.2, -0.15) is 0 Å². The van der Waals surface area contributed by atoms with Crippen LogP contribution in [0, 0.1) is 20.8 Å². The number of aryl methyl sites for hydroxylation is 2. The molecule has 0 amide bonds. The van der Waals surface area contributed by atoms with Crippen molar-refractivity contribution >= 4 is 29.4 Å². The van der Waals surface area contributed by atoms with Gasteiger partial charge in [-0.25, -0.2) is 14.6 Å². The van der Waals surface area contributed by atoms with Gasteiger partial charge in [-0.15, -0.1) is 0 Å². The first-order valence-electron chi connectivity index (χ1n) is 12.9. The number of fused-ring (bicyclic) bond motifs is 1. The van der Waals surface area contributed by atoms with Crippen molar-refractivity contribution < 1.29 is 19.4 Å². The summed E-state index contributed by atoms with van der Waals surface area (Å²) in [6.07, 6.45) is 1.83. The lowest BCUT2D eigenvalue weighted by atomic mass is 9.95. The molecule has 2 aromatic carbocycles. The zero-order valence-electron chi connectivity index (χ0n) is 22.9. The predicted molar refractivity (Wildman–Crippen MR) is 154 cm³/mol. The van der Waals surface area contributed by atoms with E-state index >= 15 is 0 Å². The lowest BCUT2D eigenvalue weighted by Gasteiger charge is -2.24. The van der Waals surface area contributed by atoms with Crippen molar-refractivity contribution in [2.75, 3.05) is 6.61 Å². The molecule has 4 aromatic rings. The lowest BCUT2D eigenvalue weighted by Crippen LogP contribution is -2.39. The second-order valence-corrected chi connectivity index (χ2v) is 10.7. The summed E-state index contributed by atoms with van der Waals surface area (Å²) in [6.45, 7) is 9.58. The first kappa shape index (κ1) is 27.1. The Labute approximate surface area is 234 Å². The lowest BCUT2D eigenvalue weighted by molar-refractivity contribution is -0.139. The van der Waals surface area contributed by atoms with E-state index in [1.807, 2.05) is 67.8 Å². The van der Waals surface area contributed by atoms with Crippen LogP contribution in [0.15, 0.2) is 75.7 Å². The number of esters is 1. The molecular formula is C31H29N3O5S. The number of hydrogen-bond acceptors (Lipinski definition) is 6. The molecule has 0 bridgehead atoms. The number of hydrogen-bond donors (Lipinski definition) is 1. The SMILES string of the molecule is CCOC(=O)C1=C(C)N=c2sc(=Cc3cc(C)n(-c4cccc(C(=O)O)c4)c3C)c(=O)n2C1c1ccc(C)cc1. The number of rotatable bonds is 6. The van der Waals surface area contributed by atoms with E-state index in [4.69, 9.17) is 4.74 Å². The van der Waals surface area contributed by atoms with E-state index in [9.17, 15) is 19.5 Å². The van der Waals surface area contributed by atoms with Crippen LogP contribution in [-0.2, 0) is 9.53 Å². The van der Waals surface area contributed by atoms with Crippen molar-refractivity contribution in [3.63, 3.8) is 0 Å². The smallest absolute Gasteiger partial charge is 0.338 e. The third kappa shape index (κ3) is 4.73. The Balaban J connectivity index is 1.68. The highest BCUT2D eigenvalue weighted by atomic mass is 32.1. The molecule has 0 spiro atoms. The van der Waals surface area contributed by atoms with Gasteiger partial charge < -0.3 is 14.4 Å². The van der Waals surface area contributed by atoms with Crippen LogP contribution in [-0.4, -0.2) is 32.8 Å². The fourth-order valence-corrected chi connectivity index (χ4v) is 6.14. The van der Waals surface area contributed by atoms with Gasteiger partial charge in [0.05, 0.1) is 34.0 Å². The van der Waals surface area contributed by atoms with Crippen LogP contribution in [0.5, 0.6) is 0 Å². The molecule has 9 heteroatoms. The zero-order chi connectivity index (χ0) is 28.7. The number of aromatic carboxylic acids is 1. The van der Waals surface area contributed by atoms with Gasteiger partial charge in [0.2, 0.25) is 0 Å². The van der Waals surface area contributed by atoms with Gasteiger partial charge in [0.15, 0.2) is 4.80 Å². The Bertz CT molecular complexity index is 1870. The highest BCUT2D eigenvalue weighted by molar-refractivity contribution is 7.07. The van der Waals surface area contributed by atoms with E-state index in [1.54, 1.807) is 36.6 Å². The van der Waals surface area contributed by atoms with E-state index in [0.29, 0.717) is 20.6 Å². The molecule has 8 nitrogen and oxygen atoms in total. The summed E-state index contributed by atoms with van der Waals surface area (Å²) in [7, 11) is 0. The minimum atomic E-state index is -0.994. The van der Waals surface area contributed by atoms with E-state index in [2.05, 4.69) is 4.99 Å². The molecule has 0 saturated carbocycles. The molecule has 0 fully saturated rings. The molecule has 204 valence electrons. The highest BCUT2D eigenvalue weighted by Gasteiger charge is 2.33. The number of thiazole rings is 1. The number of allylic oxidation sites excluding steroid dienone is 1. The molecule has 2 aromatic heterocycles. The van der Waals surface area contributed by atoms with Crippen molar-refractivity contribution in [2.45, 2.75) is 40.7 Å². The van der Waals surface area contributed by atoms with Crippen molar-refractivity contribution in [1.82, 2.24) is 9.13 Å². The summed E-state index contributed by atoms with van der Waals surface area (Å²) < 4.78 is 9.39. The number of carboxylic acids is 1. The van der Waals surface area contributed by atoms with Gasteiger partial charge in [-0.05, 0) is 76.1 Å². The summed E-state index contributed by atoms with van der Waals surface area (Å²) in [5.74, 6) is -1.48. The average molecular weight is 556 g/mol. The van der Waals surface area contributed by atoms with E-state index in [-0.39, 0.29) is 17.7 Å². The van der Waals surface area contributed by atoms with Crippen molar-refractivity contribution in [1.29, 1.82) is 0 Å². The molecule has 0 radical (unpaired) electrons. The maximum atomic E-state index is 13.9. The molecule has 1 unspecified atom stereocenters. The number of carboxylic acid groups (broad SMARTS) is 1.